The number of halogens is 1. The summed E-state index contributed by atoms with van der Waals surface area (Å²) in [6.45, 7) is 0.827. The summed E-state index contributed by atoms with van der Waals surface area (Å²) in [7, 11) is 1.49. The Morgan fingerprint density at radius 1 is 1.17 bits per heavy atom. The summed E-state index contributed by atoms with van der Waals surface area (Å²) in [6, 6.07) is 9.95. The summed E-state index contributed by atoms with van der Waals surface area (Å²) in [6.07, 6.45) is 0. The van der Waals surface area contributed by atoms with E-state index in [2.05, 4.69) is 0 Å². The predicted octanol–water partition coefficient (Wildman–Crippen LogP) is 2.62. The van der Waals surface area contributed by atoms with Gasteiger partial charge in [-0.15, -0.1) is 0 Å². The zero-order valence-electron chi connectivity index (χ0n) is 12.9. The van der Waals surface area contributed by atoms with E-state index < -0.39 is 5.91 Å². The van der Waals surface area contributed by atoms with E-state index >= 15 is 0 Å². The molecule has 0 aliphatic carbocycles. The van der Waals surface area contributed by atoms with E-state index in [1.54, 1.807) is 46.8 Å². The molecule has 1 aliphatic heterocycles. The number of hydrogen-bond acceptors (Lipinski definition) is 4. The van der Waals surface area contributed by atoms with Crippen LogP contribution in [0.2, 0.25) is 5.02 Å². The number of nitrogens with one attached hydrogen (secondary N) is 1. The molecule has 0 fully saturated rings. The van der Waals surface area contributed by atoms with Crippen LogP contribution in [-0.4, -0.2) is 29.0 Å². The first-order valence-corrected chi connectivity index (χ1v) is 7.60. The van der Waals surface area contributed by atoms with E-state index in [0.717, 1.165) is 11.1 Å². The number of hydrogen-bond donors (Lipinski definition) is 2. The molecule has 7 heteroatoms. The van der Waals surface area contributed by atoms with Crippen molar-refractivity contribution in [2.45, 2.75) is 13.1 Å². The highest BCUT2D eigenvalue weighted by Crippen LogP contribution is 2.29. The van der Waals surface area contributed by atoms with Crippen molar-refractivity contribution in [3.63, 3.8) is 0 Å². The normalized spacial score (nSPS) is 12.7. The van der Waals surface area contributed by atoms with Crippen LogP contribution < -0.4 is 10.2 Å². The number of carbonyl (C=O) groups is 2. The largest absolute Gasteiger partial charge is 0.496 e. The third-order valence-corrected chi connectivity index (χ3v) is 4.21. The van der Waals surface area contributed by atoms with Gasteiger partial charge in [0.15, 0.2) is 0 Å². The minimum atomic E-state index is -0.582. The van der Waals surface area contributed by atoms with Crippen LogP contribution >= 0.6 is 11.6 Å². The lowest BCUT2D eigenvalue weighted by molar-refractivity contribution is 0.0706. The minimum absolute atomic E-state index is 0.173. The summed E-state index contributed by atoms with van der Waals surface area (Å²) in [5.74, 6) is -0.335. The minimum Gasteiger partial charge on any atom is -0.496 e. The van der Waals surface area contributed by atoms with Crippen molar-refractivity contribution in [3.8, 4) is 5.75 Å². The number of ether oxygens (including phenoxy) is 1. The number of rotatable bonds is 3. The second-order valence-electron chi connectivity index (χ2n) is 5.43. The van der Waals surface area contributed by atoms with Crippen LogP contribution in [0.4, 0.5) is 0 Å². The number of benzene rings is 2. The zero-order valence-corrected chi connectivity index (χ0v) is 13.6. The molecule has 2 aromatic carbocycles. The van der Waals surface area contributed by atoms with E-state index in [-0.39, 0.29) is 5.91 Å². The van der Waals surface area contributed by atoms with Gasteiger partial charge in [-0.2, -0.15) is 0 Å². The Balaban J connectivity index is 1.85. The molecule has 1 aliphatic rings. The molecule has 0 bridgehead atoms. The van der Waals surface area contributed by atoms with Gasteiger partial charge in [-0.1, -0.05) is 17.7 Å². The molecule has 0 aromatic heterocycles. The Labute approximate surface area is 143 Å². The van der Waals surface area contributed by atoms with Crippen molar-refractivity contribution in [1.29, 1.82) is 0 Å². The highest BCUT2D eigenvalue weighted by Gasteiger charge is 2.27. The molecule has 2 N–H and O–H groups in total. The van der Waals surface area contributed by atoms with Gasteiger partial charge < -0.3 is 9.64 Å². The number of nitrogens with zero attached hydrogens (tertiary/aromatic N) is 1. The van der Waals surface area contributed by atoms with Crippen LogP contribution in [0, 0.1) is 0 Å². The van der Waals surface area contributed by atoms with Crippen molar-refractivity contribution in [2.24, 2.45) is 0 Å². The van der Waals surface area contributed by atoms with Crippen LogP contribution in [0.3, 0.4) is 0 Å². The Morgan fingerprint density at radius 2 is 1.92 bits per heavy atom. The van der Waals surface area contributed by atoms with E-state index in [1.165, 1.54) is 7.11 Å². The van der Waals surface area contributed by atoms with E-state index in [0.29, 0.717) is 35.0 Å². The van der Waals surface area contributed by atoms with E-state index in [9.17, 15) is 9.59 Å². The fourth-order valence-corrected chi connectivity index (χ4v) is 2.92. The number of hydroxylamine groups is 1. The van der Waals surface area contributed by atoms with Crippen LogP contribution in [0.5, 0.6) is 5.75 Å². The van der Waals surface area contributed by atoms with Gasteiger partial charge in [0.05, 0.1) is 12.7 Å². The molecule has 0 saturated carbocycles. The van der Waals surface area contributed by atoms with Crippen LogP contribution in [0.15, 0.2) is 36.4 Å². The Hall–Kier alpha value is -2.57. The monoisotopic (exact) mass is 346 g/mol. The molecule has 2 amide bonds. The van der Waals surface area contributed by atoms with Gasteiger partial charge in [-0.3, -0.25) is 14.8 Å². The fourth-order valence-electron chi connectivity index (χ4n) is 2.76. The average Bonchev–Trinajstić information content (AvgIpc) is 3.03. The second kappa shape index (κ2) is 6.51. The average molecular weight is 347 g/mol. The van der Waals surface area contributed by atoms with Crippen molar-refractivity contribution in [2.75, 3.05) is 7.11 Å². The maximum Gasteiger partial charge on any atom is 0.274 e. The van der Waals surface area contributed by atoms with Crippen molar-refractivity contribution >= 4 is 23.4 Å². The lowest BCUT2D eigenvalue weighted by Crippen LogP contribution is -2.25. The standard InChI is InChI=1S/C17H15ClN2O4/c1-24-15-7-13(18)4-5-14(15)17(22)20-8-11-3-2-10(16(21)19-23)6-12(11)9-20/h2-7,23H,8-9H2,1H3,(H,19,21). The molecule has 2 aromatic rings. The maximum absolute atomic E-state index is 12.8. The highest BCUT2D eigenvalue weighted by molar-refractivity contribution is 6.30. The summed E-state index contributed by atoms with van der Waals surface area (Å²) in [5.41, 5.74) is 4.22. The first kappa shape index (κ1) is 16.3. The Kier molecular flexibility index (Phi) is 4.42. The molecular formula is C17H15ClN2O4. The third-order valence-electron chi connectivity index (χ3n) is 3.97. The van der Waals surface area contributed by atoms with Crippen molar-refractivity contribution in [3.05, 3.63) is 63.7 Å². The lowest BCUT2D eigenvalue weighted by Gasteiger charge is -2.17. The molecule has 6 nitrogen and oxygen atoms in total. The predicted molar refractivity (Wildman–Crippen MR) is 87.3 cm³/mol. The van der Waals surface area contributed by atoms with Gasteiger partial charge in [0.2, 0.25) is 0 Å². The van der Waals surface area contributed by atoms with Gasteiger partial charge in [0.25, 0.3) is 11.8 Å². The summed E-state index contributed by atoms with van der Waals surface area (Å²) in [4.78, 5) is 25.9. The summed E-state index contributed by atoms with van der Waals surface area (Å²) >= 11 is 5.93. The summed E-state index contributed by atoms with van der Waals surface area (Å²) < 4.78 is 5.24. The first-order chi connectivity index (χ1) is 11.5. The Morgan fingerprint density at radius 3 is 2.62 bits per heavy atom. The van der Waals surface area contributed by atoms with Gasteiger partial charge in [-0.25, -0.2) is 5.48 Å². The third kappa shape index (κ3) is 2.93. The maximum atomic E-state index is 12.8. The quantitative estimate of drug-likeness (QED) is 0.661. The Bertz CT molecular complexity index is 822. The molecule has 3 rings (SSSR count). The topological polar surface area (TPSA) is 78.9 Å². The zero-order chi connectivity index (χ0) is 17.3. The molecule has 24 heavy (non-hydrogen) atoms. The van der Waals surface area contributed by atoms with Crippen LogP contribution in [0.25, 0.3) is 0 Å². The molecule has 1 heterocycles. The molecular weight excluding hydrogens is 332 g/mol. The van der Waals surface area contributed by atoms with Crippen LogP contribution in [0.1, 0.15) is 31.8 Å². The highest BCUT2D eigenvalue weighted by atomic mass is 35.5. The lowest BCUT2D eigenvalue weighted by atomic mass is 10.1. The number of fused-ring (bicyclic) bond motifs is 1. The number of methoxy groups -OCH3 is 1. The fraction of sp³-hybridized carbons (Fsp3) is 0.176. The molecule has 0 saturated heterocycles. The van der Waals surface area contributed by atoms with Gasteiger partial charge in [0.1, 0.15) is 5.75 Å². The summed E-state index contributed by atoms with van der Waals surface area (Å²) in [5, 5.41) is 9.21. The second-order valence-corrected chi connectivity index (χ2v) is 5.87. The smallest absolute Gasteiger partial charge is 0.274 e. The molecule has 124 valence electrons. The molecule has 0 spiro atoms. The van der Waals surface area contributed by atoms with Crippen LogP contribution in [-0.2, 0) is 13.1 Å². The van der Waals surface area contributed by atoms with E-state index in [4.69, 9.17) is 21.5 Å². The SMILES string of the molecule is COc1cc(Cl)ccc1C(=O)N1Cc2ccc(C(=O)NO)cc2C1. The van der Waals surface area contributed by atoms with Crippen molar-refractivity contribution in [1.82, 2.24) is 10.4 Å². The number of carbonyl (C=O) groups excluding carboxylic acids is 2. The molecule has 0 unspecified atom stereocenters. The van der Waals surface area contributed by atoms with Crippen molar-refractivity contribution < 1.29 is 19.5 Å². The van der Waals surface area contributed by atoms with Gasteiger partial charge in [-0.05, 0) is 41.5 Å². The van der Waals surface area contributed by atoms with E-state index in [1.807, 2.05) is 0 Å². The van der Waals surface area contributed by atoms with Gasteiger partial charge >= 0.3 is 0 Å². The van der Waals surface area contributed by atoms with Gasteiger partial charge in [0, 0.05) is 23.7 Å². The first-order valence-electron chi connectivity index (χ1n) is 7.22. The molecule has 0 atom stereocenters. The number of amides is 2. The molecule has 0 radical (unpaired) electrons.